The van der Waals surface area contributed by atoms with Crippen molar-refractivity contribution in [2.45, 2.75) is 20.3 Å². The fraction of sp³-hybridized carbons (Fsp3) is 0.385. The molecule has 1 amide bonds. The van der Waals surface area contributed by atoms with E-state index in [2.05, 4.69) is 40.2 Å². The minimum Gasteiger partial charge on any atom is -0.409 e. The molecule has 0 aromatic heterocycles. The van der Waals surface area contributed by atoms with Gasteiger partial charge < -0.3 is 16.3 Å². The maximum absolute atomic E-state index is 12.1. The minimum absolute atomic E-state index is 0.0200. The topological polar surface area (TPSA) is 87.7 Å². The molecule has 4 N–H and O–H groups in total. The van der Waals surface area contributed by atoms with Crippen molar-refractivity contribution in [1.29, 1.82) is 0 Å². The van der Waals surface area contributed by atoms with E-state index in [-0.39, 0.29) is 23.1 Å². The molecule has 102 valence electrons. The lowest BCUT2D eigenvalue weighted by Crippen LogP contribution is -2.21. The molecule has 1 aromatic carbocycles. The van der Waals surface area contributed by atoms with Crippen LogP contribution in [0.5, 0.6) is 0 Å². The number of nitrogens with two attached hydrogens (primary N) is 1. The van der Waals surface area contributed by atoms with Gasteiger partial charge in [0.1, 0.15) is 0 Å². The average molecular weight is 326 g/mol. The highest BCUT2D eigenvalue weighted by Gasteiger charge is 2.50. The van der Waals surface area contributed by atoms with Crippen molar-refractivity contribution in [3.05, 3.63) is 28.2 Å². The fourth-order valence-electron chi connectivity index (χ4n) is 2.03. The smallest absolute Gasteiger partial charge is 0.228 e. The molecule has 1 unspecified atom stereocenters. The van der Waals surface area contributed by atoms with Gasteiger partial charge in [0.25, 0.3) is 0 Å². The van der Waals surface area contributed by atoms with E-state index in [4.69, 9.17) is 10.9 Å². The number of amidine groups is 1. The third-order valence-electron chi connectivity index (χ3n) is 3.45. The van der Waals surface area contributed by atoms with Gasteiger partial charge in [-0.05, 0) is 30.0 Å². The summed E-state index contributed by atoms with van der Waals surface area (Å²) in [6.45, 7) is 4.12. The van der Waals surface area contributed by atoms with Crippen molar-refractivity contribution in [3.63, 3.8) is 0 Å². The summed E-state index contributed by atoms with van der Waals surface area (Å²) in [6, 6.07) is 5.19. The molecule has 0 bridgehead atoms. The second-order valence-electron chi connectivity index (χ2n) is 5.41. The highest BCUT2D eigenvalue weighted by Crippen LogP contribution is 2.52. The van der Waals surface area contributed by atoms with E-state index < -0.39 is 0 Å². The lowest BCUT2D eigenvalue weighted by molar-refractivity contribution is -0.118. The Kier molecular flexibility index (Phi) is 3.54. The molecule has 1 aliphatic rings. The number of rotatable bonds is 3. The van der Waals surface area contributed by atoms with Gasteiger partial charge in [-0.2, -0.15) is 0 Å². The number of oxime groups is 1. The monoisotopic (exact) mass is 325 g/mol. The van der Waals surface area contributed by atoms with E-state index in [1.54, 1.807) is 18.2 Å². The molecule has 0 spiro atoms. The molecule has 0 saturated heterocycles. The molecule has 0 radical (unpaired) electrons. The number of amides is 1. The number of nitrogens with one attached hydrogen (secondary N) is 1. The number of benzene rings is 1. The summed E-state index contributed by atoms with van der Waals surface area (Å²) in [5.41, 5.74) is 6.70. The first-order valence-corrected chi connectivity index (χ1v) is 6.73. The van der Waals surface area contributed by atoms with Crippen LogP contribution in [0.3, 0.4) is 0 Å². The Morgan fingerprint density at radius 2 is 2.21 bits per heavy atom. The third kappa shape index (κ3) is 2.89. The normalized spacial score (nSPS) is 21.0. The highest BCUT2D eigenvalue weighted by molar-refractivity contribution is 9.10. The van der Waals surface area contributed by atoms with Crippen molar-refractivity contribution in [3.8, 4) is 0 Å². The quantitative estimate of drug-likeness (QED) is 0.345. The zero-order valence-electron chi connectivity index (χ0n) is 10.8. The average Bonchev–Trinajstić information content (AvgIpc) is 2.98. The predicted octanol–water partition coefficient (Wildman–Crippen LogP) is 2.53. The van der Waals surface area contributed by atoms with Crippen LogP contribution < -0.4 is 11.1 Å². The largest absolute Gasteiger partial charge is 0.409 e. The Bertz CT molecular complexity index is 555. The van der Waals surface area contributed by atoms with Gasteiger partial charge in [-0.3, -0.25) is 4.79 Å². The van der Waals surface area contributed by atoms with Crippen LogP contribution in [0.15, 0.2) is 27.8 Å². The molecule has 19 heavy (non-hydrogen) atoms. The molecule has 0 aliphatic heterocycles. The molecule has 6 heteroatoms. The lowest BCUT2D eigenvalue weighted by Gasteiger charge is -2.11. The zero-order valence-corrected chi connectivity index (χ0v) is 12.4. The van der Waals surface area contributed by atoms with Gasteiger partial charge in [0.15, 0.2) is 5.84 Å². The van der Waals surface area contributed by atoms with Crippen LogP contribution in [0.4, 0.5) is 5.69 Å². The molecular formula is C13H16BrN3O2. The van der Waals surface area contributed by atoms with Gasteiger partial charge in [0.05, 0.1) is 5.69 Å². The molecule has 1 aromatic rings. The van der Waals surface area contributed by atoms with Gasteiger partial charge in [-0.1, -0.05) is 34.9 Å². The molecule has 1 fully saturated rings. The number of hydrogen-bond acceptors (Lipinski definition) is 3. The summed E-state index contributed by atoms with van der Waals surface area (Å²) in [4.78, 5) is 12.1. The summed E-state index contributed by atoms with van der Waals surface area (Å²) >= 11 is 3.34. The minimum atomic E-state index is -0.0323. The second kappa shape index (κ2) is 4.85. The fourth-order valence-corrected chi connectivity index (χ4v) is 2.39. The summed E-state index contributed by atoms with van der Waals surface area (Å²) in [7, 11) is 0. The van der Waals surface area contributed by atoms with Crippen LogP contribution in [0.2, 0.25) is 0 Å². The number of anilines is 1. The van der Waals surface area contributed by atoms with E-state index in [1.807, 2.05) is 0 Å². The first-order chi connectivity index (χ1) is 8.85. The Morgan fingerprint density at radius 1 is 1.58 bits per heavy atom. The van der Waals surface area contributed by atoms with Crippen molar-refractivity contribution in [1.82, 2.24) is 0 Å². The van der Waals surface area contributed by atoms with Gasteiger partial charge in [0.2, 0.25) is 5.91 Å². The van der Waals surface area contributed by atoms with E-state index >= 15 is 0 Å². The number of carbonyl (C=O) groups is 1. The first kappa shape index (κ1) is 13.9. The first-order valence-electron chi connectivity index (χ1n) is 5.93. The summed E-state index contributed by atoms with van der Waals surface area (Å²) < 4.78 is 0.812. The van der Waals surface area contributed by atoms with Crippen LogP contribution in [-0.2, 0) is 4.79 Å². The van der Waals surface area contributed by atoms with Crippen LogP contribution in [0.1, 0.15) is 25.8 Å². The van der Waals surface area contributed by atoms with E-state index in [9.17, 15) is 4.79 Å². The SMILES string of the molecule is CC1(C)CC1C(=O)Nc1cc(Br)ccc1/C(N)=N/O. The summed E-state index contributed by atoms with van der Waals surface area (Å²) in [5, 5.41) is 14.6. The summed E-state index contributed by atoms with van der Waals surface area (Å²) in [6.07, 6.45) is 0.881. The van der Waals surface area contributed by atoms with Crippen LogP contribution >= 0.6 is 15.9 Å². The van der Waals surface area contributed by atoms with Crippen LogP contribution in [-0.4, -0.2) is 17.0 Å². The van der Waals surface area contributed by atoms with E-state index in [0.717, 1.165) is 10.9 Å². The highest BCUT2D eigenvalue weighted by atomic mass is 79.9. The molecule has 5 nitrogen and oxygen atoms in total. The third-order valence-corrected chi connectivity index (χ3v) is 3.95. The Labute approximate surface area is 120 Å². The van der Waals surface area contributed by atoms with Crippen molar-refractivity contribution in [2.24, 2.45) is 22.2 Å². The van der Waals surface area contributed by atoms with E-state index in [0.29, 0.717) is 11.3 Å². The standard InChI is InChI=1S/C13H16BrN3O2/c1-13(2)6-9(13)12(18)16-10-5-7(14)3-4-8(10)11(15)17-19/h3-5,9,19H,6H2,1-2H3,(H2,15,17)(H,16,18). The van der Waals surface area contributed by atoms with Crippen LogP contribution in [0, 0.1) is 11.3 Å². The Morgan fingerprint density at radius 3 is 2.74 bits per heavy atom. The molecule has 1 saturated carbocycles. The van der Waals surface area contributed by atoms with Gasteiger partial charge in [0, 0.05) is 16.0 Å². The maximum Gasteiger partial charge on any atom is 0.228 e. The number of hydrogen-bond donors (Lipinski definition) is 3. The molecule has 0 heterocycles. The summed E-state index contributed by atoms with van der Waals surface area (Å²) in [5.74, 6) is -0.0421. The molecule has 2 rings (SSSR count). The predicted molar refractivity (Wildman–Crippen MR) is 77.2 cm³/mol. The van der Waals surface area contributed by atoms with E-state index in [1.165, 1.54) is 0 Å². The zero-order chi connectivity index (χ0) is 14.2. The van der Waals surface area contributed by atoms with Crippen molar-refractivity contribution >= 4 is 33.4 Å². The Balaban J connectivity index is 2.24. The van der Waals surface area contributed by atoms with Gasteiger partial charge >= 0.3 is 0 Å². The van der Waals surface area contributed by atoms with Gasteiger partial charge in [-0.15, -0.1) is 0 Å². The van der Waals surface area contributed by atoms with Gasteiger partial charge in [-0.25, -0.2) is 0 Å². The van der Waals surface area contributed by atoms with Crippen molar-refractivity contribution < 1.29 is 10.0 Å². The molecular weight excluding hydrogens is 310 g/mol. The lowest BCUT2D eigenvalue weighted by atomic mass is 10.1. The second-order valence-corrected chi connectivity index (χ2v) is 6.33. The number of carbonyl (C=O) groups excluding carboxylic acids is 1. The Hall–Kier alpha value is -1.56. The number of nitrogens with zero attached hydrogens (tertiary/aromatic N) is 1. The maximum atomic E-state index is 12.1. The van der Waals surface area contributed by atoms with Crippen LogP contribution in [0.25, 0.3) is 0 Å². The number of halogens is 1. The molecule has 1 atom stereocenters. The van der Waals surface area contributed by atoms with Crippen molar-refractivity contribution in [2.75, 3.05) is 5.32 Å². The molecule has 1 aliphatic carbocycles.